The molecule has 0 bridgehead atoms. The summed E-state index contributed by atoms with van der Waals surface area (Å²) in [6, 6.07) is 17.4. The lowest BCUT2D eigenvalue weighted by molar-refractivity contribution is -0.117. The monoisotopic (exact) mass is 227 g/mol. The first-order valence-electron chi connectivity index (χ1n) is 5.43. The van der Waals surface area contributed by atoms with Crippen LogP contribution in [0.2, 0.25) is 0 Å². The average molecular weight is 227 g/mol. The quantitative estimate of drug-likeness (QED) is 0.607. The van der Waals surface area contributed by atoms with Gasteiger partial charge in [-0.15, -0.1) is 0 Å². The van der Waals surface area contributed by atoms with Crippen molar-refractivity contribution in [2.75, 3.05) is 0 Å². The highest BCUT2D eigenvalue weighted by Gasteiger charge is 2.07. The summed E-state index contributed by atoms with van der Waals surface area (Å²) in [4.78, 5) is 0. The summed E-state index contributed by atoms with van der Waals surface area (Å²) in [5, 5.41) is 5.53. The van der Waals surface area contributed by atoms with Gasteiger partial charge >= 0.3 is 0 Å². The van der Waals surface area contributed by atoms with Crippen LogP contribution in [0.25, 0.3) is 0 Å². The van der Waals surface area contributed by atoms with Crippen LogP contribution in [-0.2, 0) is 6.42 Å². The summed E-state index contributed by atoms with van der Waals surface area (Å²) in [7, 11) is 0. The minimum absolute atomic E-state index is 0.383. The lowest BCUT2D eigenvalue weighted by Gasteiger charge is -2.09. The van der Waals surface area contributed by atoms with Crippen LogP contribution < -0.4 is 15.9 Å². The molecule has 4 N–H and O–H groups in total. The molecule has 0 saturated heterocycles. The van der Waals surface area contributed by atoms with Gasteiger partial charge in [-0.1, -0.05) is 36.4 Å². The first-order chi connectivity index (χ1) is 8.25. The van der Waals surface area contributed by atoms with Gasteiger partial charge in [0.15, 0.2) is 0 Å². The lowest BCUT2D eigenvalue weighted by Crippen LogP contribution is -2.46. The van der Waals surface area contributed by atoms with Gasteiger partial charge < -0.3 is 4.74 Å². The number of amidine groups is 1. The molecule has 0 fully saturated rings. The first-order valence-corrected chi connectivity index (χ1v) is 5.43. The van der Waals surface area contributed by atoms with Crippen LogP contribution in [0.4, 0.5) is 0 Å². The first kappa shape index (κ1) is 11.2. The van der Waals surface area contributed by atoms with Crippen molar-refractivity contribution in [1.82, 2.24) is 0 Å². The molecule has 2 aromatic rings. The Hall–Kier alpha value is -2.29. The number of benzene rings is 2. The molecule has 0 heterocycles. The van der Waals surface area contributed by atoms with Crippen LogP contribution in [0, 0.1) is 0 Å². The fraction of sp³-hybridized carbons (Fsp3) is 0.0714. The number of nitrogens with two attached hydrogens (primary N) is 2. The largest absolute Gasteiger partial charge is 0.457 e. The second-order valence-electron chi connectivity index (χ2n) is 3.77. The molecule has 0 radical (unpaired) electrons. The highest BCUT2D eigenvalue weighted by molar-refractivity contribution is 5.77. The lowest BCUT2D eigenvalue weighted by atomic mass is 10.1. The van der Waals surface area contributed by atoms with Crippen molar-refractivity contribution in [2.45, 2.75) is 6.42 Å². The predicted octanol–water partition coefficient (Wildman–Crippen LogP) is 1.14. The molecule has 17 heavy (non-hydrogen) atoms. The summed E-state index contributed by atoms with van der Waals surface area (Å²) >= 11 is 0. The van der Waals surface area contributed by atoms with Crippen LogP contribution in [-0.4, -0.2) is 5.84 Å². The molecule has 0 amide bonds. The molecular weight excluding hydrogens is 212 g/mol. The van der Waals surface area contributed by atoms with Crippen LogP contribution in [0.15, 0.2) is 54.6 Å². The fourth-order valence-corrected chi connectivity index (χ4v) is 1.58. The van der Waals surface area contributed by atoms with E-state index >= 15 is 0 Å². The van der Waals surface area contributed by atoms with E-state index in [9.17, 15) is 0 Å². The van der Waals surface area contributed by atoms with Crippen molar-refractivity contribution in [3.8, 4) is 11.5 Å². The zero-order valence-corrected chi connectivity index (χ0v) is 9.47. The minimum atomic E-state index is 0.383. The standard InChI is InChI=1S/C14H14N2O/c15-14(16)10-11-6-4-5-9-13(11)17-12-7-2-1-3-8-12/h1-9H,10H2,(H3,15,16)/p+1. The van der Waals surface area contributed by atoms with Gasteiger partial charge in [-0.3, -0.25) is 11.1 Å². The molecule has 2 aromatic carbocycles. The van der Waals surface area contributed by atoms with Gasteiger partial charge in [0.1, 0.15) is 11.5 Å². The Labute approximate surface area is 100 Å². The van der Waals surface area contributed by atoms with Crippen LogP contribution in [0.1, 0.15) is 5.56 Å². The third-order valence-corrected chi connectivity index (χ3v) is 2.34. The summed E-state index contributed by atoms with van der Waals surface area (Å²) in [5.41, 5.74) is 6.51. The van der Waals surface area contributed by atoms with E-state index in [4.69, 9.17) is 15.9 Å². The molecule has 0 saturated carbocycles. The number of para-hydroxylation sites is 2. The van der Waals surface area contributed by atoms with E-state index in [0.717, 1.165) is 17.1 Å². The van der Waals surface area contributed by atoms with Crippen molar-refractivity contribution in [1.29, 1.82) is 0 Å². The van der Waals surface area contributed by atoms with Crippen molar-refractivity contribution in [3.05, 3.63) is 60.2 Å². The Kier molecular flexibility index (Phi) is 3.40. The van der Waals surface area contributed by atoms with Crippen molar-refractivity contribution < 1.29 is 10.1 Å². The Morgan fingerprint density at radius 3 is 2.35 bits per heavy atom. The molecule has 0 spiro atoms. The van der Waals surface area contributed by atoms with Crippen molar-refractivity contribution in [3.63, 3.8) is 0 Å². The maximum absolute atomic E-state index is 5.79. The van der Waals surface area contributed by atoms with E-state index in [1.165, 1.54) is 0 Å². The van der Waals surface area contributed by atoms with Gasteiger partial charge in [-0.2, -0.15) is 0 Å². The Bertz CT molecular complexity index is 509. The van der Waals surface area contributed by atoms with Gasteiger partial charge in [0.25, 0.3) is 0 Å². The topological polar surface area (TPSA) is 60.8 Å². The third kappa shape index (κ3) is 3.08. The molecule has 0 aromatic heterocycles. The Morgan fingerprint density at radius 1 is 1.00 bits per heavy atom. The molecule has 3 heteroatoms. The van der Waals surface area contributed by atoms with E-state index in [0.29, 0.717) is 12.3 Å². The third-order valence-electron chi connectivity index (χ3n) is 2.34. The smallest absolute Gasteiger partial charge is 0.242 e. The fourth-order valence-electron chi connectivity index (χ4n) is 1.58. The second-order valence-corrected chi connectivity index (χ2v) is 3.77. The normalized spacial score (nSPS) is 9.88. The van der Waals surface area contributed by atoms with Crippen LogP contribution in [0.3, 0.4) is 0 Å². The maximum Gasteiger partial charge on any atom is 0.242 e. The van der Waals surface area contributed by atoms with Crippen molar-refractivity contribution >= 4 is 5.84 Å². The van der Waals surface area contributed by atoms with Gasteiger partial charge in [0.2, 0.25) is 5.84 Å². The summed E-state index contributed by atoms with van der Waals surface area (Å²) < 4.78 is 5.79. The van der Waals surface area contributed by atoms with E-state index in [1.54, 1.807) is 0 Å². The molecule has 0 aliphatic carbocycles. The molecule has 86 valence electrons. The van der Waals surface area contributed by atoms with Gasteiger partial charge in [-0.05, 0) is 18.2 Å². The summed E-state index contributed by atoms with van der Waals surface area (Å²) in [5.74, 6) is 1.97. The molecular formula is C14H15N2O+. The number of hydrogen-bond acceptors (Lipinski definition) is 1. The average Bonchev–Trinajstić information content (AvgIpc) is 2.32. The van der Waals surface area contributed by atoms with Gasteiger partial charge in [0, 0.05) is 5.56 Å². The molecule has 3 nitrogen and oxygen atoms in total. The Morgan fingerprint density at radius 2 is 1.65 bits per heavy atom. The van der Waals surface area contributed by atoms with E-state index in [-0.39, 0.29) is 0 Å². The number of hydrogen-bond donors (Lipinski definition) is 2. The predicted molar refractivity (Wildman–Crippen MR) is 67.8 cm³/mol. The Balaban J connectivity index is 2.23. The highest BCUT2D eigenvalue weighted by atomic mass is 16.5. The van der Waals surface area contributed by atoms with E-state index in [1.807, 2.05) is 54.6 Å². The molecule has 0 aliphatic heterocycles. The summed E-state index contributed by atoms with van der Waals surface area (Å²) in [6.07, 6.45) is 0.517. The summed E-state index contributed by atoms with van der Waals surface area (Å²) in [6.45, 7) is 0. The van der Waals surface area contributed by atoms with E-state index < -0.39 is 0 Å². The van der Waals surface area contributed by atoms with E-state index in [2.05, 4.69) is 0 Å². The number of rotatable bonds is 4. The zero-order valence-electron chi connectivity index (χ0n) is 9.47. The number of ether oxygens (including phenoxy) is 1. The van der Waals surface area contributed by atoms with Crippen LogP contribution in [0.5, 0.6) is 11.5 Å². The van der Waals surface area contributed by atoms with Crippen molar-refractivity contribution in [2.24, 2.45) is 5.73 Å². The minimum Gasteiger partial charge on any atom is -0.457 e. The SMILES string of the molecule is NC(=[NH2+])Cc1ccccc1Oc1ccccc1. The van der Waals surface area contributed by atoms with Crippen LogP contribution >= 0.6 is 0 Å². The van der Waals surface area contributed by atoms with Gasteiger partial charge in [0.05, 0.1) is 6.42 Å². The highest BCUT2D eigenvalue weighted by Crippen LogP contribution is 2.24. The molecule has 0 aliphatic rings. The zero-order chi connectivity index (χ0) is 12.1. The maximum atomic E-state index is 5.79. The molecule has 0 unspecified atom stereocenters. The van der Waals surface area contributed by atoms with Gasteiger partial charge in [-0.25, -0.2) is 0 Å². The molecule has 2 rings (SSSR count). The molecule has 0 atom stereocenters. The second kappa shape index (κ2) is 5.16.